The lowest BCUT2D eigenvalue weighted by atomic mass is 9.90. The highest BCUT2D eigenvalue weighted by Gasteiger charge is 2.19. The lowest BCUT2D eigenvalue weighted by molar-refractivity contribution is 0.404. The van der Waals surface area contributed by atoms with Crippen molar-refractivity contribution in [3.8, 4) is 0 Å². The van der Waals surface area contributed by atoms with Crippen LogP contribution in [-0.2, 0) is 13.0 Å². The van der Waals surface area contributed by atoms with Crippen molar-refractivity contribution in [1.29, 1.82) is 0 Å². The standard InChI is InChI=1S/C19H24N2/c20-15-18-6-8-19(9-7-18)21-12-10-17(11-13-21)14-16-4-2-1-3-5-16/h1-9,17H,10-15,20H2. The first-order valence-electron chi connectivity index (χ1n) is 7.93. The second kappa shape index (κ2) is 6.77. The topological polar surface area (TPSA) is 29.3 Å². The van der Waals surface area contributed by atoms with Gasteiger partial charge in [-0.3, -0.25) is 0 Å². The number of hydrogen-bond donors (Lipinski definition) is 1. The van der Waals surface area contributed by atoms with Crippen molar-refractivity contribution < 1.29 is 0 Å². The van der Waals surface area contributed by atoms with Crippen LogP contribution in [0.5, 0.6) is 0 Å². The fourth-order valence-electron chi connectivity index (χ4n) is 3.19. The maximum atomic E-state index is 5.66. The quantitative estimate of drug-likeness (QED) is 0.927. The number of hydrogen-bond acceptors (Lipinski definition) is 2. The van der Waals surface area contributed by atoms with Crippen LogP contribution in [0.2, 0.25) is 0 Å². The van der Waals surface area contributed by atoms with Crippen molar-refractivity contribution in [1.82, 2.24) is 0 Å². The number of benzene rings is 2. The zero-order valence-corrected chi connectivity index (χ0v) is 12.5. The van der Waals surface area contributed by atoms with E-state index in [4.69, 9.17) is 5.73 Å². The van der Waals surface area contributed by atoms with Gasteiger partial charge in [0.15, 0.2) is 0 Å². The summed E-state index contributed by atoms with van der Waals surface area (Å²) in [6.45, 7) is 2.96. The third-order valence-electron chi connectivity index (χ3n) is 4.52. The summed E-state index contributed by atoms with van der Waals surface area (Å²) in [5, 5.41) is 0. The third-order valence-corrected chi connectivity index (χ3v) is 4.52. The van der Waals surface area contributed by atoms with Gasteiger partial charge >= 0.3 is 0 Å². The van der Waals surface area contributed by atoms with Crippen molar-refractivity contribution in [2.24, 2.45) is 11.7 Å². The van der Waals surface area contributed by atoms with Gasteiger partial charge in [-0.25, -0.2) is 0 Å². The molecule has 1 aliphatic heterocycles. The van der Waals surface area contributed by atoms with Crippen LogP contribution in [0, 0.1) is 5.92 Å². The van der Waals surface area contributed by atoms with Crippen LogP contribution in [0.1, 0.15) is 24.0 Å². The van der Waals surface area contributed by atoms with E-state index in [-0.39, 0.29) is 0 Å². The van der Waals surface area contributed by atoms with E-state index in [0.29, 0.717) is 6.54 Å². The Morgan fingerprint density at radius 3 is 2.14 bits per heavy atom. The molecule has 1 heterocycles. The molecule has 21 heavy (non-hydrogen) atoms. The average molecular weight is 280 g/mol. The molecule has 0 saturated carbocycles. The van der Waals surface area contributed by atoms with Crippen LogP contribution in [-0.4, -0.2) is 13.1 Å². The van der Waals surface area contributed by atoms with Gasteiger partial charge in [0.25, 0.3) is 0 Å². The van der Waals surface area contributed by atoms with Gasteiger partial charge in [-0.15, -0.1) is 0 Å². The molecule has 1 aliphatic rings. The Hall–Kier alpha value is -1.80. The molecule has 0 spiro atoms. The minimum atomic E-state index is 0.624. The van der Waals surface area contributed by atoms with Crippen LogP contribution in [0.15, 0.2) is 54.6 Å². The highest BCUT2D eigenvalue weighted by molar-refractivity contribution is 5.48. The molecule has 2 N–H and O–H groups in total. The molecule has 0 radical (unpaired) electrons. The highest BCUT2D eigenvalue weighted by Crippen LogP contribution is 2.25. The first-order valence-corrected chi connectivity index (χ1v) is 7.93. The summed E-state index contributed by atoms with van der Waals surface area (Å²) in [6, 6.07) is 19.6. The van der Waals surface area contributed by atoms with Crippen molar-refractivity contribution >= 4 is 5.69 Å². The van der Waals surface area contributed by atoms with Crippen molar-refractivity contribution in [2.75, 3.05) is 18.0 Å². The Morgan fingerprint density at radius 2 is 1.52 bits per heavy atom. The van der Waals surface area contributed by atoms with Crippen LogP contribution in [0.3, 0.4) is 0 Å². The Kier molecular flexibility index (Phi) is 4.56. The van der Waals surface area contributed by atoms with Gasteiger partial charge in [-0.05, 0) is 48.4 Å². The fourth-order valence-corrected chi connectivity index (χ4v) is 3.19. The van der Waals surface area contributed by atoms with E-state index >= 15 is 0 Å². The lowest BCUT2D eigenvalue weighted by Gasteiger charge is -2.33. The monoisotopic (exact) mass is 280 g/mol. The summed E-state index contributed by atoms with van der Waals surface area (Å²) in [5.74, 6) is 0.826. The van der Waals surface area contributed by atoms with Crippen LogP contribution < -0.4 is 10.6 Å². The molecule has 0 unspecified atom stereocenters. The van der Waals surface area contributed by atoms with Crippen LogP contribution in [0.4, 0.5) is 5.69 Å². The summed E-state index contributed by atoms with van der Waals surface area (Å²) in [5.41, 5.74) is 9.68. The van der Waals surface area contributed by atoms with Crippen molar-refractivity contribution in [3.05, 3.63) is 65.7 Å². The summed E-state index contributed by atoms with van der Waals surface area (Å²) in [4.78, 5) is 2.50. The summed E-state index contributed by atoms with van der Waals surface area (Å²) in [6.07, 6.45) is 3.79. The zero-order chi connectivity index (χ0) is 14.5. The van der Waals surface area contributed by atoms with E-state index < -0.39 is 0 Å². The summed E-state index contributed by atoms with van der Waals surface area (Å²) in [7, 11) is 0. The van der Waals surface area contributed by atoms with E-state index in [1.54, 1.807) is 0 Å². The maximum absolute atomic E-state index is 5.66. The Morgan fingerprint density at radius 1 is 0.857 bits per heavy atom. The Bertz CT molecular complexity index is 540. The van der Waals surface area contributed by atoms with Crippen LogP contribution in [0.25, 0.3) is 0 Å². The minimum Gasteiger partial charge on any atom is -0.372 e. The molecule has 0 aromatic heterocycles. The second-order valence-electron chi connectivity index (χ2n) is 5.99. The van der Waals surface area contributed by atoms with Gasteiger partial charge in [0.05, 0.1) is 0 Å². The van der Waals surface area contributed by atoms with Gasteiger partial charge in [0.1, 0.15) is 0 Å². The Balaban J connectivity index is 1.54. The molecule has 1 saturated heterocycles. The largest absolute Gasteiger partial charge is 0.372 e. The molecular weight excluding hydrogens is 256 g/mol. The van der Waals surface area contributed by atoms with Crippen LogP contribution >= 0.6 is 0 Å². The molecule has 3 rings (SSSR count). The number of anilines is 1. The third kappa shape index (κ3) is 3.64. The van der Waals surface area contributed by atoms with E-state index in [1.807, 2.05) is 0 Å². The first kappa shape index (κ1) is 14.2. The highest BCUT2D eigenvalue weighted by atomic mass is 15.1. The van der Waals surface area contributed by atoms with Crippen molar-refractivity contribution in [2.45, 2.75) is 25.8 Å². The molecule has 2 heteroatoms. The fraction of sp³-hybridized carbons (Fsp3) is 0.368. The first-order chi connectivity index (χ1) is 10.3. The van der Waals surface area contributed by atoms with Gasteiger partial charge in [-0.2, -0.15) is 0 Å². The molecule has 2 aromatic carbocycles. The van der Waals surface area contributed by atoms with E-state index in [0.717, 1.165) is 5.92 Å². The molecule has 0 aliphatic carbocycles. The van der Waals surface area contributed by atoms with E-state index in [2.05, 4.69) is 59.5 Å². The average Bonchev–Trinajstić information content (AvgIpc) is 2.57. The van der Waals surface area contributed by atoms with Crippen molar-refractivity contribution in [3.63, 3.8) is 0 Å². The molecule has 0 bridgehead atoms. The molecular formula is C19H24N2. The minimum absolute atomic E-state index is 0.624. The second-order valence-corrected chi connectivity index (χ2v) is 5.99. The maximum Gasteiger partial charge on any atom is 0.0366 e. The number of piperidine rings is 1. The summed E-state index contributed by atoms with van der Waals surface area (Å²) < 4.78 is 0. The normalized spacial score (nSPS) is 16.1. The van der Waals surface area contributed by atoms with Gasteiger partial charge in [0, 0.05) is 25.3 Å². The van der Waals surface area contributed by atoms with Gasteiger partial charge < -0.3 is 10.6 Å². The Labute approximate surface area is 127 Å². The summed E-state index contributed by atoms with van der Waals surface area (Å²) >= 11 is 0. The predicted octanol–water partition coefficient (Wildman–Crippen LogP) is 3.60. The van der Waals surface area contributed by atoms with E-state index in [9.17, 15) is 0 Å². The zero-order valence-electron chi connectivity index (χ0n) is 12.5. The molecule has 0 atom stereocenters. The number of nitrogens with two attached hydrogens (primary N) is 1. The number of rotatable bonds is 4. The molecule has 1 fully saturated rings. The smallest absolute Gasteiger partial charge is 0.0366 e. The number of nitrogens with zero attached hydrogens (tertiary/aromatic N) is 1. The lowest BCUT2D eigenvalue weighted by Crippen LogP contribution is -2.34. The molecule has 0 amide bonds. The predicted molar refractivity (Wildman–Crippen MR) is 89.4 cm³/mol. The molecule has 2 nitrogen and oxygen atoms in total. The van der Waals surface area contributed by atoms with Gasteiger partial charge in [0.2, 0.25) is 0 Å². The van der Waals surface area contributed by atoms with E-state index in [1.165, 1.54) is 49.2 Å². The molecule has 110 valence electrons. The van der Waals surface area contributed by atoms with Gasteiger partial charge in [-0.1, -0.05) is 42.5 Å². The SMILES string of the molecule is NCc1ccc(N2CCC(Cc3ccccc3)CC2)cc1. The molecule has 2 aromatic rings.